The number of hydrogen-bond donors (Lipinski definition) is 1. The van der Waals surface area contributed by atoms with Crippen molar-refractivity contribution in [3.05, 3.63) is 63.7 Å². The van der Waals surface area contributed by atoms with Gasteiger partial charge in [-0.25, -0.2) is 0 Å². The van der Waals surface area contributed by atoms with Crippen molar-refractivity contribution in [2.75, 3.05) is 12.3 Å². The molecule has 1 heterocycles. The summed E-state index contributed by atoms with van der Waals surface area (Å²) in [5.41, 5.74) is 0.418. The van der Waals surface area contributed by atoms with Gasteiger partial charge in [0.05, 0.1) is 16.1 Å². The number of nitrogens with zero attached hydrogens (tertiary/aromatic N) is 2. The molecule has 24 heavy (non-hydrogen) atoms. The van der Waals surface area contributed by atoms with Crippen molar-refractivity contribution in [3.8, 4) is 5.75 Å². The number of carbonyl (C=O) groups excluding carboxylic acids is 2. The number of phenols is 1. The number of rotatable bonds is 5. The molecule has 0 saturated carbocycles. The summed E-state index contributed by atoms with van der Waals surface area (Å²) in [5, 5.41) is 20.2. The van der Waals surface area contributed by atoms with Gasteiger partial charge in [-0.3, -0.25) is 24.6 Å². The number of phenolic OH excluding ortho intramolecular Hbond substituents is 1. The van der Waals surface area contributed by atoms with E-state index in [1.807, 2.05) is 0 Å². The predicted molar refractivity (Wildman–Crippen MR) is 87.3 cm³/mol. The molecule has 1 aliphatic rings. The third kappa shape index (κ3) is 2.83. The van der Waals surface area contributed by atoms with Crippen LogP contribution in [-0.4, -0.2) is 39.0 Å². The van der Waals surface area contributed by atoms with E-state index in [0.29, 0.717) is 21.8 Å². The smallest absolute Gasteiger partial charge is 0.311 e. The van der Waals surface area contributed by atoms with Crippen LogP contribution in [0.4, 0.5) is 5.69 Å². The number of nitro groups is 1. The molecule has 0 spiro atoms. The molecule has 2 amide bonds. The van der Waals surface area contributed by atoms with Crippen LogP contribution in [0.25, 0.3) is 0 Å². The molecular formula is C16H12N2O5S. The third-order valence-corrected chi connectivity index (χ3v) is 4.58. The maximum absolute atomic E-state index is 12.2. The number of aromatic hydroxyl groups is 1. The Bertz CT molecular complexity index is 817. The number of carbonyl (C=O) groups is 2. The molecule has 0 fully saturated rings. The highest BCUT2D eigenvalue weighted by Gasteiger charge is 2.34. The topological polar surface area (TPSA) is 101 Å². The van der Waals surface area contributed by atoms with E-state index < -0.39 is 10.7 Å². The van der Waals surface area contributed by atoms with Gasteiger partial charge in [0.2, 0.25) is 0 Å². The monoisotopic (exact) mass is 344 g/mol. The van der Waals surface area contributed by atoms with E-state index in [4.69, 9.17) is 0 Å². The summed E-state index contributed by atoms with van der Waals surface area (Å²) in [4.78, 5) is 36.3. The van der Waals surface area contributed by atoms with Crippen LogP contribution in [0, 0.1) is 10.1 Å². The molecule has 0 aliphatic carbocycles. The Hall–Kier alpha value is -2.87. The molecule has 0 bridgehead atoms. The van der Waals surface area contributed by atoms with Gasteiger partial charge >= 0.3 is 5.69 Å². The van der Waals surface area contributed by atoms with Crippen molar-refractivity contribution >= 4 is 29.3 Å². The first kappa shape index (κ1) is 16.0. The van der Waals surface area contributed by atoms with Gasteiger partial charge in [0.25, 0.3) is 11.8 Å². The number of imide groups is 1. The SMILES string of the molecule is O=C1c2ccccc2C(=O)N1CCSc1ccc(O)c([N+](=O)[O-])c1. The number of amides is 2. The molecule has 2 aromatic carbocycles. The fraction of sp³-hybridized carbons (Fsp3) is 0.125. The van der Waals surface area contributed by atoms with Crippen molar-refractivity contribution in [2.24, 2.45) is 0 Å². The number of hydrogen-bond acceptors (Lipinski definition) is 6. The van der Waals surface area contributed by atoms with E-state index in [-0.39, 0.29) is 24.0 Å². The van der Waals surface area contributed by atoms with E-state index in [9.17, 15) is 24.8 Å². The van der Waals surface area contributed by atoms with Crippen LogP contribution in [0.15, 0.2) is 47.4 Å². The molecule has 3 rings (SSSR count). The summed E-state index contributed by atoms with van der Waals surface area (Å²) >= 11 is 1.27. The van der Waals surface area contributed by atoms with Gasteiger partial charge in [-0.1, -0.05) is 12.1 Å². The van der Waals surface area contributed by atoms with Crippen molar-refractivity contribution < 1.29 is 19.6 Å². The van der Waals surface area contributed by atoms with Crippen molar-refractivity contribution in [2.45, 2.75) is 4.90 Å². The largest absolute Gasteiger partial charge is 0.502 e. The van der Waals surface area contributed by atoms with Crippen molar-refractivity contribution in [1.29, 1.82) is 0 Å². The molecule has 2 aromatic rings. The molecule has 1 N–H and O–H groups in total. The van der Waals surface area contributed by atoms with Gasteiger partial charge in [0.15, 0.2) is 5.75 Å². The minimum atomic E-state index is -0.663. The van der Waals surface area contributed by atoms with Crippen molar-refractivity contribution in [1.82, 2.24) is 4.90 Å². The molecular weight excluding hydrogens is 332 g/mol. The first-order chi connectivity index (χ1) is 11.5. The lowest BCUT2D eigenvalue weighted by Crippen LogP contribution is -2.31. The maximum Gasteiger partial charge on any atom is 0.311 e. The standard InChI is InChI=1S/C16H12N2O5S/c19-14-6-5-10(9-13(14)18(22)23)24-8-7-17-15(20)11-3-1-2-4-12(11)16(17)21/h1-6,9,19H,7-8H2. The lowest BCUT2D eigenvalue weighted by Gasteiger charge is -2.13. The molecule has 0 unspecified atom stereocenters. The van der Waals surface area contributed by atoms with E-state index >= 15 is 0 Å². The second kappa shape index (κ2) is 6.32. The molecule has 0 atom stereocenters. The molecule has 0 radical (unpaired) electrons. The van der Waals surface area contributed by atoms with Crippen LogP contribution >= 0.6 is 11.8 Å². The van der Waals surface area contributed by atoms with Crippen LogP contribution < -0.4 is 0 Å². The average Bonchev–Trinajstić information content (AvgIpc) is 2.81. The van der Waals surface area contributed by atoms with E-state index in [0.717, 1.165) is 0 Å². The minimum Gasteiger partial charge on any atom is -0.502 e. The van der Waals surface area contributed by atoms with E-state index in [1.54, 1.807) is 30.3 Å². The van der Waals surface area contributed by atoms with Crippen LogP contribution in [0.5, 0.6) is 5.75 Å². The van der Waals surface area contributed by atoms with Crippen molar-refractivity contribution in [3.63, 3.8) is 0 Å². The highest BCUT2D eigenvalue weighted by atomic mass is 32.2. The highest BCUT2D eigenvalue weighted by molar-refractivity contribution is 7.99. The number of thioether (sulfide) groups is 1. The Balaban J connectivity index is 1.66. The first-order valence-corrected chi connectivity index (χ1v) is 8.03. The van der Waals surface area contributed by atoms with E-state index in [2.05, 4.69) is 0 Å². The molecule has 8 heteroatoms. The van der Waals surface area contributed by atoms with Crippen LogP contribution in [0.1, 0.15) is 20.7 Å². The number of nitro benzene ring substituents is 1. The van der Waals surface area contributed by atoms with Crippen LogP contribution in [0.2, 0.25) is 0 Å². The lowest BCUT2D eigenvalue weighted by molar-refractivity contribution is -0.386. The Kier molecular flexibility index (Phi) is 4.22. The Labute approximate surface area is 141 Å². The first-order valence-electron chi connectivity index (χ1n) is 7.04. The van der Waals surface area contributed by atoms with Gasteiger partial charge in [-0.2, -0.15) is 0 Å². The summed E-state index contributed by atoms with van der Waals surface area (Å²) in [6, 6.07) is 10.7. The lowest BCUT2D eigenvalue weighted by atomic mass is 10.1. The second-order valence-corrected chi connectivity index (χ2v) is 6.23. The minimum absolute atomic E-state index is 0.200. The zero-order valence-corrected chi connectivity index (χ0v) is 13.2. The Morgan fingerprint density at radius 3 is 2.29 bits per heavy atom. The summed E-state index contributed by atoms with van der Waals surface area (Å²) in [6.07, 6.45) is 0. The van der Waals surface area contributed by atoms with Gasteiger partial charge < -0.3 is 5.11 Å². The van der Waals surface area contributed by atoms with Gasteiger partial charge in [0, 0.05) is 23.3 Å². The summed E-state index contributed by atoms with van der Waals surface area (Å²) in [7, 11) is 0. The molecule has 7 nitrogen and oxygen atoms in total. The zero-order valence-electron chi connectivity index (χ0n) is 12.3. The van der Waals surface area contributed by atoms with Crippen LogP contribution in [0.3, 0.4) is 0 Å². The summed E-state index contributed by atoms with van der Waals surface area (Å²) < 4.78 is 0. The van der Waals surface area contributed by atoms with Crippen LogP contribution in [-0.2, 0) is 0 Å². The van der Waals surface area contributed by atoms with Gasteiger partial charge in [0.1, 0.15) is 0 Å². The Morgan fingerprint density at radius 2 is 1.71 bits per heavy atom. The number of fused-ring (bicyclic) bond motifs is 1. The number of benzene rings is 2. The predicted octanol–water partition coefficient (Wildman–Crippen LogP) is 2.69. The average molecular weight is 344 g/mol. The zero-order chi connectivity index (χ0) is 17.3. The molecule has 0 aromatic heterocycles. The quantitative estimate of drug-likeness (QED) is 0.387. The van der Waals surface area contributed by atoms with Gasteiger partial charge in [-0.15, -0.1) is 11.8 Å². The Morgan fingerprint density at radius 1 is 1.08 bits per heavy atom. The highest BCUT2D eigenvalue weighted by Crippen LogP contribution is 2.31. The molecule has 1 aliphatic heterocycles. The molecule has 122 valence electrons. The molecule has 0 saturated heterocycles. The normalized spacial score (nSPS) is 13.2. The summed E-state index contributed by atoms with van der Waals surface area (Å²) in [5.74, 6) is -0.654. The maximum atomic E-state index is 12.2. The fourth-order valence-corrected chi connectivity index (χ4v) is 3.31. The second-order valence-electron chi connectivity index (χ2n) is 5.06. The fourth-order valence-electron chi connectivity index (χ4n) is 2.44. The van der Waals surface area contributed by atoms with Gasteiger partial charge in [-0.05, 0) is 24.3 Å². The summed E-state index contributed by atoms with van der Waals surface area (Å²) in [6.45, 7) is 0.200. The van der Waals surface area contributed by atoms with E-state index in [1.165, 1.54) is 28.8 Å². The third-order valence-electron chi connectivity index (χ3n) is 3.61.